The number of rotatable bonds is 7. The van der Waals surface area contributed by atoms with Crippen LogP contribution in [0.25, 0.3) is 0 Å². The first-order valence-electron chi connectivity index (χ1n) is 7.03. The Morgan fingerprint density at radius 1 is 1.38 bits per heavy atom. The molecule has 0 aliphatic rings. The molecule has 2 rings (SSSR count). The van der Waals surface area contributed by atoms with Crippen LogP contribution in [0.4, 0.5) is 0 Å². The van der Waals surface area contributed by atoms with Gasteiger partial charge < -0.3 is 4.74 Å². The van der Waals surface area contributed by atoms with E-state index < -0.39 is 0 Å². The maximum atomic E-state index is 6.18. The van der Waals surface area contributed by atoms with Gasteiger partial charge in [0.15, 0.2) is 0 Å². The lowest BCUT2D eigenvalue weighted by molar-refractivity contribution is 0.309. The van der Waals surface area contributed by atoms with Gasteiger partial charge in [-0.15, -0.1) is 0 Å². The van der Waals surface area contributed by atoms with E-state index in [1.54, 1.807) is 10.9 Å². The summed E-state index contributed by atoms with van der Waals surface area (Å²) in [6, 6.07) is 7.64. The molecule has 1 aromatic carbocycles. The van der Waals surface area contributed by atoms with Crippen LogP contribution in [-0.2, 0) is 7.05 Å². The molecule has 1 unspecified atom stereocenters. The van der Waals surface area contributed by atoms with Gasteiger partial charge in [-0.3, -0.25) is 10.5 Å². The van der Waals surface area contributed by atoms with Crippen molar-refractivity contribution in [1.82, 2.24) is 15.2 Å². The van der Waals surface area contributed by atoms with Gasteiger partial charge in [-0.25, -0.2) is 5.43 Å². The van der Waals surface area contributed by atoms with E-state index in [9.17, 15) is 0 Å². The third-order valence-corrected chi connectivity index (χ3v) is 3.65. The van der Waals surface area contributed by atoms with Crippen molar-refractivity contribution in [1.29, 1.82) is 0 Å². The van der Waals surface area contributed by atoms with Gasteiger partial charge in [0.05, 0.1) is 29.6 Å². The van der Waals surface area contributed by atoms with Gasteiger partial charge in [-0.05, 0) is 24.1 Å². The van der Waals surface area contributed by atoms with Gasteiger partial charge in [0.1, 0.15) is 5.75 Å². The summed E-state index contributed by atoms with van der Waals surface area (Å²) in [7, 11) is 1.84. The quantitative estimate of drug-likeness (QED) is 0.469. The largest absolute Gasteiger partial charge is 0.494 e. The Labute approximate surface area is 130 Å². The van der Waals surface area contributed by atoms with Crippen LogP contribution in [0.2, 0.25) is 5.02 Å². The molecule has 0 aliphatic heterocycles. The van der Waals surface area contributed by atoms with Crippen LogP contribution >= 0.6 is 11.6 Å². The zero-order valence-electron chi connectivity index (χ0n) is 12.3. The Morgan fingerprint density at radius 3 is 2.62 bits per heavy atom. The molecule has 114 valence electrons. The molecule has 0 fully saturated rings. The Hall–Kier alpha value is -1.56. The minimum atomic E-state index is -0.213. The van der Waals surface area contributed by atoms with Crippen LogP contribution in [0.15, 0.2) is 30.5 Å². The molecular formula is C15H21ClN4O. The summed E-state index contributed by atoms with van der Waals surface area (Å²) < 4.78 is 7.38. The van der Waals surface area contributed by atoms with Crippen molar-refractivity contribution in [2.24, 2.45) is 12.9 Å². The lowest BCUT2D eigenvalue weighted by Gasteiger charge is -2.18. The maximum absolute atomic E-state index is 6.18. The first-order chi connectivity index (χ1) is 10.2. The summed E-state index contributed by atoms with van der Waals surface area (Å²) in [6.45, 7) is 2.88. The van der Waals surface area contributed by atoms with E-state index >= 15 is 0 Å². The average molecular weight is 309 g/mol. The number of benzene rings is 1. The van der Waals surface area contributed by atoms with E-state index in [4.69, 9.17) is 22.2 Å². The SMILES string of the molecule is CCCCOc1ccc(C(NN)c2c(Cl)cnn2C)cc1. The topological polar surface area (TPSA) is 65.1 Å². The van der Waals surface area contributed by atoms with Gasteiger partial charge in [0, 0.05) is 7.05 Å². The zero-order valence-corrected chi connectivity index (χ0v) is 13.1. The molecule has 3 N–H and O–H groups in total. The van der Waals surface area contributed by atoms with E-state index in [2.05, 4.69) is 17.4 Å². The van der Waals surface area contributed by atoms with Crippen molar-refractivity contribution in [3.8, 4) is 5.75 Å². The van der Waals surface area contributed by atoms with Gasteiger partial charge in [0.2, 0.25) is 0 Å². The number of nitrogens with two attached hydrogens (primary N) is 1. The summed E-state index contributed by atoms with van der Waals surface area (Å²) in [4.78, 5) is 0. The Morgan fingerprint density at radius 2 is 2.10 bits per heavy atom. The van der Waals surface area contributed by atoms with Gasteiger partial charge in [-0.1, -0.05) is 37.1 Å². The van der Waals surface area contributed by atoms with E-state index in [-0.39, 0.29) is 6.04 Å². The van der Waals surface area contributed by atoms with Crippen molar-refractivity contribution in [3.63, 3.8) is 0 Å². The first-order valence-corrected chi connectivity index (χ1v) is 7.41. The number of nitrogens with one attached hydrogen (secondary N) is 1. The fourth-order valence-electron chi connectivity index (χ4n) is 2.17. The number of halogens is 1. The predicted molar refractivity (Wildman–Crippen MR) is 84.2 cm³/mol. The molecule has 1 heterocycles. The van der Waals surface area contributed by atoms with Crippen LogP contribution in [0.5, 0.6) is 5.75 Å². The first kappa shape index (κ1) is 15.8. The molecule has 0 spiro atoms. The van der Waals surface area contributed by atoms with Gasteiger partial charge >= 0.3 is 0 Å². The smallest absolute Gasteiger partial charge is 0.119 e. The highest BCUT2D eigenvalue weighted by Gasteiger charge is 2.19. The molecule has 0 saturated carbocycles. The number of aromatic nitrogens is 2. The van der Waals surface area contributed by atoms with Crippen LogP contribution in [0, 0.1) is 0 Å². The van der Waals surface area contributed by atoms with Gasteiger partial charge in [0.25, 0.3) is 0 Å². The summed E-state index contributed by atoms with van der Waals surface area (Å²) >= 11 is 6.18. The third-order valence-electron chi connectivity index (χ3n) is 3.36. The van der Waals surface area contributed by atoms with Crippen LogP contribution in [0.1, 0.15) is 37.1 Å². The van der Waals surface area contributed by atoms with E-state index in [0.29, 0.717) is 5.02 Å². The molecule has 0 aliphatic carbocycles. The number of hydrogen-bond donors (Lipinski definition) is 2. The fourth-order valence-corrected chi connectivity index (χ4v) is 2.44. The molecule has 0 saturated heterocycles. The normalized spacial score (nSPS) is 12.4. The van der Waals surface area contributed by atoms with Crippen molar-refractivity contribution >= 4 is 11.6 Å². The highest BCUT2D eigenvalue weighted by Crippen LogP contribution is 2.28. The van der Waals surface area contributed by atoms with Crippen molar-refractivity contribution in [3.05, 3.63) is 46.7 Å². The number of nitrogens with zero attached hydrogens (tertiary/aromatic N) is 2. The number of ether oxygens (including phenoxy) is 1. The molecule has 1 aromatic heterocycles. The summed E-state index contributed by atoms with van der Waals surface area (Å²) in [6.07, 6.45) is 3.79. The second-order valence-electron chi connectivity index (χ2n) is 4.87. The van der Waals surface area contributed by atoms with E-state index in [1.807, 2.05) is 31.3 Å². The second-order valence-corrected chi connectivity index (χ2v) is 5.28. The van der Waals surface area contributed by atoms with Crippen LogP contribution in [0.3, 0.4) is 0 Å². The Bertz CT molecular complexity index is 548. The Kier molecular flexibility index (Phi) is 5.61. The maximum Gasteiger partial charge on any atom is 0.119 e. The number of unbranched alkanes of at least 4 members (excludes halogenated alkanes) is 1. The fraction of sp³-hybridized carbons (Fsp3) is 0.400. The molecule has 0 bridgehead atoms. The van der Waals surface area contributed by atoms with Gasteiger partial charge in [-0.2, -0.15) is 5.10 Å². The number of hydrazine groups is 1. The second kappa shape index (κ2) is 7.45. The number of aryl methyl sites for hydroxylation is 1. The summed E-state index contributed by atoms with van der Waals surface area (Å²) in [5.41, 5.74) is 4.63. The standard InChI is InChI=1S/C15H21ClN4O/c1-3-4-9-21-12-7-5-11(6-8-12)14(19-17)15-13(16)10-18-20(15)2/h5-8,10,14,19H,3-4,9,17H2,1-2H3. The van der Waals surface area contributed by atoms with Crippen molar-refractivity contribution < 1.29 is 4.74 Å². The zero-order chi connectivity index (χ0) is 15.2. The molecule has 0 amide bonds. The lowest BCUT2D eigenvalue weighted by Crippen LogP contribution is -2.30. The molecular weight excluding hydrogens is 288 g/mol. The third kappa shape index (κ3) is 3.75. The highest BCUT2D eigenvalue weighted by atomic mass is 35.5. The minimum absolute atomic E-state index is 0.213. The van der Waals surface area contributed by atoms with E-state index in [0.717, 1.165) is 36.5 Å². The molecule has 1 atom stereocenters. The average Bonchev–Trinajstić information content (AvgIpc) is 2.82. The molecule has 5 nitrogen and oxygen atoms in total. The lowest BCUT2D eigenvalue weighted by atomic mass is 10.0. The molecule has 2 aromatic rings. The monoisotopic (exact) mass is 308 g/mol. The van der Waals surface area contributed by atoms with Crippen molar-refractivity contribution in [2.75, 3.05) is 6.61 Å². The minimum Gasteiger partial charge on any atom is -0.494 e. The van der Waals surface area contributed by atoms with Crippen molar-refractivity contribution in [2.45, 2.75) is 25.8 Å². The highest BCUT2D eigenvalue weighted by molar-refractivity contribution is 6.31. The van der Waals surface area contributed by atoms with E-state index in [1.165, 1.54) is 0 Å². The number of hydrogen-bond acceptors (Lipinski definition) is 4. The van der Waals surface area contributed by atoms with Crippen LogP contribution < -0.4 is 16.0 Å². The predicted octanol–water partition coefficient (Wildman–Crippen LogP) is 2.81. The molecule has 6 heteroatoms. The Balaban J connectivity index is 2.16. The molecule has 21 heavy (non-hydrogen) atoms. The summed E-state index contributed by atoms with van der Waals surface area (Å²) in [5.74, 6) is 6.55. The summed E-state index contributed by atoms with van der Waals surface area (Å²) in [5, 5.41) is 4.73. The van der Waals surface area contributed by atoms with Crippen LogP contribution in [-0.4, -0.2) is 16.4 Å². The molecule has 0 radical (unpaired) electrons.